The van der Waals surface area contributed by atoms with Gasteiger partial charge in [0.1, 0.15) is 0 Å². The van der Waals surface area contributed by atoms with Gasteiger partial charge in [-0.25, -0.2) is 4.98 Å². The van der Waals surface area contributed by atoms with Crippen molar-refractivity contribution in [3.63, 3.8) is 0 Å². The molecule has 0 bridgehead atoms. The van der Waals surface area contributed by atoms with Crippen LogP contribution in [0.2, 0.25) is 0 Å². The average molecular weight is 286 g/mol. The smallest absolute Gasteiger partial charge is 0.0948 e. The molecule has 1 saturated carbocycles. The predicted molar refractivity (Wildman–Crippen MR) is 85.8 cm³/mol. The molecule has 0 aliphatic heterocycles. The molecule has 2 nitrogen and oxygen atoms in total. The SMILES string of the molecule is NC(Cc1nc(-c2ccccc2)cs1)C1CCCCC1. The first-order valence-electron chi connectivity index (χ1n) is 7.58. The van der Waals surface area contributed by atoms with E-state index in [1.165, 1.54) is 42.7 Å². The maximum Gasteiger partial charge on any atom is 0.0948 e. The van der Waals surface area contributed by atoms with Crippen LogP contribution in [0.15, 0.2) is 35.7 Å². The van der Waals surface area contributed by atoms with Crippen LogP contribution in [0.5, 0.6) is 0 Å². The van der Waals surface area contributed by atoms with Crippen LogP contribution in [-0.4, -0.2) is 11.0 Å². The number of benzene rings is 1. The summed E-state index contributed by atoms with van der Waals surface area (Å²) in [5.41, 5.74) is 8.68. The zero-order chi connectivity index (χ0) is 13.8. The third-order valence-corrected chi connectivity index (χ3v) is 5.16. The van der Waals surface area contributed by atoms with E-state index in [1.54, 1.807) is 11.3 Å². The van der Waals surface area contributed by atoms with E-state index in [2.05, 4.69) is 29.6 Å². The number of aromatic nitrogens is 1. The Morgan fingerprint density at radius 2 is 1.90 bits per heavy atom. The van der Waals surface area contributed by atoms with Gasteiger partial charge in [-0.1, -0.05) is 49.6 Å². The second kappa shape index (κ2) is 6.51. The summed E-state index contributed by atoms with van der Waals surface area (Å²) in [7, 11) is 0. The van der Waals surface area contributed by atoms with Crippen molar-refractivity contribution in [2.45, 2.75) is 44.6 Å². The Morgan fingerprint density at radius 1 is 1.15 bits per heavy atom. The molecule has 0 spiro atoms. The number of thiazole rings is 1. The molecule has 1 unspecified atom stereocenters. The van der Waals surface area contributed by atoms with Gasteiger partial charge in [0.2, 0.25) is 0 Å². The van der Waals surface area contributed by atoms with Crippen LogP contribution in [0.25, 0.3) is 11.3 Å². The standard InChI is InChI=1S/C17H22N2S/c18-15(13-7-3-1-4-8-13)11-17-19-16(12-20-17)14-9-5-2-6-10-14/h2,5-6,9-10,12-13,15H,1,3-4,7-8,11,18H2. The zero-order valence-corrected chi connectivity index (χ0v) is 12.6. The summed E-state index contributed by atoms with van der Waals surface area (Å²) in [5, 5.41) is 3.33. The lowest BCUT2D eigenvalue weighted by atomic mass is 9.83. The highest BCUT2D eigenvalue weighted by molar-refractivity contribution is 7.09. The van der Waals surface area contributed by atoms with Gasteiger partial charge in [-0.05, 0) is 18.8 Å². The van der Waals surface area contributed by atoms with Crippen molar-refractivity contribution < 1.29 is 0 Å². The van der Waals surface area contributed by atoms with Crippen LogP contribution in [0.3, 0.4) is 0 Å². The first-order chi connectivity index (χ1) is 9.83. The van der Waals surface area contributed by atoms with Crippen molar-refractivity contribution in [2.75, 3.05) is 0 Å². The molecule has 1 aliphatic carbocycles. The molecule has 1 atom stereocenters. The van der Waals surface area contributed by atoms with E-state index in [1.807, 2.05) is 6.07 Å². The summed E-state index contributed by atoms with van der Waals surface area (Å²) in [6, 6.07) is 10.7. The molecule has 2 aromatic rings. The number of hydrogen-bond donors (Lipinski definition) is 1. The monoisotopic (exact) mass is 286 g/mol. The molecule has 1 fully saturated rings. The lowest BCUT2D eigenvalue weighted by molar-refractivity contribution is 0.303. The van der Waals surface area contributed by atoms with Crippen molar-refractivity contribution >= 4 is 11.3 Å². The first-order valence-corrected chi connectivity index (χ1v) is 8.46. The van der Waals surface area contributed by atoms with Crippen LogP contribution in [-0.2, 0) is 6.42 Å². The topological polar surface area (TPSA) is 38.9 Å². The second-order valence-corrected chi connectivity index (χ2v) is 6.70. The van der Waals surface area contributed by atoms with Gasteiger partial charge in [0.05, 0.1) is 10.7 Å². The Hall–Kier alpha value is -1.19. The molecule has 20 heavy (non-hydrogen) atoms. The van der Waals surface area contributed by atoms with E-state index >= 15 is 0 Å². The molecule has 1 heterocycles. The average Bonchev–Trinajstić information content (AvgIpc) is 2.97. The van der Waals surface area contributed by atoms with Crippen molar-refractivity contribution in [1.29, 1.82) is 0 Å². The molecule has 3 rings (SSSR count). The fourth-order valence-corrected chi connectivity index (χ4v) is 3.95. The summed E-state index contributed by atoms with van der Waals surface area (Å²) in [6.45, 7) is 0. The van der Waals surface area contributed by atoms with E-state index in [0.29, 0.717) is 5.92 Å². The number of rotatable bonds is 4. The van der Waals surface area contributed by atoms with Crippen LogP contribution in [0.1, 0.15) is 37.1 Å². The van der Waals surface area contributed by atoms with Gasteiger partial charge in [0.15, 0.2) is 0 Å². The van der Waals surface area contributed by atoms with Gasteiger partial charge in [0.25, 0.3) is 0 Å². The third-order valence-electron chi connectivity index (χ3n) is 4.29. The molecule has 0 radical (unpaired) electrons. The fourth-order valence-electron chi connectivity index (χ4n) is 3.08. The van der Waals surface area contributed by atoms with Crippen molar-refractivity contribution in [3.8, 4) is 11.3 Å². The van der Waals surface area contributed by atoms with E-state index in [9.17, 15) is 0 Å². The highest BCUT2D eigenvalue weighted by Gasteiger charge is 2.21. The Bertz CT molecular complexity index is 529. The van der Waals surface area contributed by atoms with E-state index < -0.39 is 0 Å². The first kappa shape index (κ1) is 13.8. The molecule has 3 heteroatoms. The minimum Gasteiger partial charge on any atom is -0.327 e. The van der Waals surface area contributed by atoms with Gasteiger partial charge in [-0.3, -0.25) is 0 Å². The third kappa shape index (κ3) is 3.28. The zero-order valence-electron chi connectivity index (χ0n) is 11.8. The van der Waals surface area contributed by atoms with Crippen LogP contribution in [0, 0.1) is 5.92 Å². The summed E-state index contributed by atoms with van der Waals surface area (Å²) >= 11 is 1.75. The van der Waals surface area contributed by atoms with Crippen LogP contribution >= 0.6 is 11.3 Å². The second-order valence-electron chi connectivity index (χ2n) is 5.76. The van der Waals surface area contributed by atoms with Crippen molar-refractivity contribution in [2.24, 2.45) is 11.7 Å². The fraction of sp³-hybridized carbons (Fsp3) is 0.471. The summed E-state index contributed by atoms with van der Waals surface area (Å²) in [5.74, 6) is 0.702. The Labute approximate surface area is 125 Å². The highest BCUT2D eigenvalue weighted by Crippen LogP contribution is 2.28. The maximum absolute atomic E-state index is 6.40. The molecule has 1 aromatic heterocycles. The van der Waals surface area contributed by atoms with E-state index in [0.717, 1.165) is 12.1 Å². The summed E-state index contributed by atoms with van der Waals surface area (Å²) in [6.07, 6.45) is 7.63. The quantitative estimate of drug-likeness (QED) is 0.912. The molecular weight excluding hydrogens is 264 g/mol. The number of nitrogens with two attached hydrogens (primary N) is 1. The molecule has 1 aliphatic rings. The minimum atomic E-state index is 0.282. The van der Waals surface area contributed by atoms with E-state index in [4.69, 9.17) is 10.7 Å². The number of nitrogens with zero attached hydrogens (tertiary/aromatic N) is 1. The van der Waals surface area contributed by atoms with Gasteiger partial charge in [0, 0.05) is 23.4 Å². The summed E-state index contributed by atoms with van der Waals surface area (Å²) in [4.78, 5) is 4.75. The largest absolute Gasteiger partial charge is 0.327 e. The van der Waals surface area contributed by atoms with E-state index in [-0.39, 0.29) is 6.04 Å². The van der Waals surface area contributed by atoms with Gasteiger partial charge in [-0.2, -0.15) is 0 Å². The molecule has 0 saturated heterocycles. The Morgan fingerprint density at radius 3 is 2.65 bits per heavy atom. The maximum atomic E-state index is 6.40. The lowest BCUT2D eigenvalue weighted by Crippen LogP contribution is -2.33. The molecular formula is C17H22N2S. The van der Waals surface area contributed by atoms with Crippen LogP contribution < -0.4 is 5.73 Å². The molecule has 106 valence electrons. The molecule has 0 amide bonds. The van der Waals surface area contributed by atoms with Crippen molar-refractivity contribution in [1.82, 2.24) is 4.98 Å². The molecule has 1 aromatic carbocycles. The Kier molecular flexibility index (Phi) is 4.48. The van der Waals surface area contributed by atoms with Gasteiger partial charge < -0.3 is 5.73 Å². The minimum absolute atomic E-state index is 0.282. The van der Waals surface area contributed by atoms with Crippen molar-refractivity contribution in [3.05, 3.63) is 40.7 Å². The van der Waals surface area contributed by atoms with Gasteiger partial charge >= 0.3 is 0 Å². The number of hydrogen-bond acceptors (Lipinski definition) is 3. The summed E-state index contributed by atoms with van der Waals surface area (Å²) < 4.78 is 0. The Balaban J connectivity index is 1.65. The predicted octanol–water partition coefficient (Wildman–Crippen LogP) is 4.26. The highest BCUT2D eigenvalue weighted by atomic mass is 32.1. The van der Waals surface area contributed by atoms with Gasteiger partial charge in [-0.15, -0.1) is 11.3 Å². The van der Waals surface area contributed by atoms with Crippen LogP contribution in [0.4, 0.5) is 0 Å². The lowest BCUT2D eigenvalue weighted by Gasteiger charge is -2.26. The normalized spacial score (nSPS) is 18.1. The molecule has 2 N–H and O–H groups in total.